The maximum Gasteiger partial charge on any atom is 0.270 e. The summed E-state index contributed by atoms with van der Waals surface area (Å²) < 4.78 is 22.1. The number of aliphatic hydroxyl groups excluding tert-OH is 4. The molecule has 0 aromatic heterocycles. The first-order valence-corrected chi connectivity index (χ1v) is 12.4. The molecule has 2 rings (SSSR count). The molecule has 4 unspecified atom stereocenters. The van der Waals surface area contributed by atoms with Gasteiger partial charge in [-0.15, -0.1) is 0 Å². The fraction of sp³-hybridized carbons (Fsp3) is 0.818. The van der Waals surface area contributed by atoms with Crippen LogP contribution < -0.4 is 27.4 Å². The maximum atomic E-state index is 12.8. The van der Waals surface area contributed by atoms with Crippen molar-refractivity contribution >= 4 is 23.6 Å². The molecule has 0 bridgehead atoms. The number of hydrogen-bond acceptors (Lipinski definition) is 13. The third-order valence-electron chi connectivity index (χ3n) is 6.43. The van der Waals surface area contributed by atoms with Crippen LogP contribution in [0.2, 0.25) is 0 Å². The number of nitrogens with one attached hydrogen (secondary N) is 4. The third-order valence-corrected chi connectivity index (χ3v) is 6.43. The highest BCUT2D eigenvalue weighted by molar-refractivity contribution is 5.85. The summed E-state index contributed by atoms with van der Waals surface area (Å²) in [5, 5.41) is 44.3. The molecule has 2 fully saturated rings. The average molecular weight is 566 g/mol. The first-order valence-electron chi connectivity index (χ1n) is 12.4. The van der Waals surface area contributed by atoms with Crippen LogP contribution in [0.3, 0.4) is 0 Å². The minimum Gasteiger partial charge on any atom is -0.394 e. The van der Waals surface area contributed by atoms with Gasteiger partial charge in [-0.05, 0) is 19.8 Å². The molecule has 2 aliphatic heterocycles. The molecule has 0 aliphatic carbocycles. The van der Waals surface area contributed by atoms with Crippen LogP contribution in [-0.4, -0.2) is 119 Å². The fourth-order valence-electron chi connectivity index (χ4n) is 4.39. The first kappa shape index (κ1) is 32.7. The smallest absolute Gasteiger partial charge is 0.270 e. The van der Waals surface area contributed by atoms with E-state index in [-0.39, 0.29) is 18.7 Å². The van der Waals surface area contributed by atoms with Gasteiger partial charge >= 0.3 is 0 Å². The molecular formula is C22H39N5O12. The number of amides is 4. The number of carbonyl (C=O) groups excluding carboxylic acids is 4. The molecule has 10 N–H and O–H groups in total. The van der Waals surface area contributed by atoms with Gasteiger partial charge < -0.3 is 44.7 Å². The van der Waals surface area contributed by atoms with E-state index in [2.05, 4.69) is 16.2 Å². The van der Waals surface area contributed by atoms with Crippen LogP contribution in [0.1, 0.15) is 39.5 Å². The lowest BCUT2D eigenvalue weighted by molar-refractivity contribution is -0.325. The largest absolute Gasteiger partial charge is 0.394 e. The Morgan fingerprint density at radius 3 is 2.13 bits per heavy atom. The van der Waals surface area contributed by atoms with Crippen molar-refractivity contribution in [2.24, 2.45) is 5.84 Å². The van der Waals surface area contributed by atoms with E-state index in [1.807, 2.05) is 5.43 Å². The molecule has 2 saturated heterocycles. The lowest BCUT2D eigenvalue weighted by Crippen LogP contribution is -2.68. The molecule has 2 aliphatic rings. The molecule has 224 valence electrons. The Morgan fingerprint density at radius 2 is 1.56 bits per heavy atom. The van der Waals surface area contributed by atoms with E-state index in [1.165, 1.54) is 14.0 Å². The van der Waals surface area contributed by atoms with E-state index >= 15 is 0 Å². The fourth-order valence-corrected chi connectivity index (χ4v) is 4.39. The predicted molar refractivity (Wildman–Crippen MR) is 128 cm³/mol. The standard InChI is InChI=1S/C22H39N5O12/c1-9-14(24-10(2)29)18(15(32)11(8-28)37-9)38-22-17(34)19(36-3)16(33)20(39-22)21(35)27-26-13(31)7-5-4-6-12(30)25-23/h9,11,14-20,22,28,32-34H,4-8,23H2,1-3H3,(H,24,29)(H,25,30)(H,26,31)(H,27,35)/t9-,11?,14+,15+,16-,17-,18?,19?,20?,22+/m0/s1. The number of carbonyl (C=O) groups is 4. The SMILES string of the molecule is COC1[C@H](O)C(C(=O)NNC(=O)CCCCC(=O)NN)O[C@@H](OC2[C@H](O)C(CO)O[C@@H](C)[C@H]2NC(C)=O)[C@H]1O. The highest BCUT2D eigenvalue weighted by atomic mass is 16.7. The van der Waals surface area contributed by atoms with Crippen molar-refractivity contribution in [3.05, 3.63) is 0 Å². The van der Waals surface area contributed by atoms with Gasteiger partial charge in [0.2, 0.25) is 17.7 Å². The predicted octanol–water partition coefficient (Wildman–Crippen LogP) is -4.82. The van der Waals surface area contributed by atoms with Crippen LogP contribution in [0.4, 0.5) is 0 Å². The highest BCUT2D eigenvalue weighted by Crippen LogP contribution is 2.30. The summed E-state index contributed by atoms with van der Waals surface area (Å²) in [6.45, 7) is 2.25. The summed E-state index contributed by atoms with van der Waals surface area (Å²) in [5.41, 5.74) is 6.26. The molecule has 17 heteroatoms. The van der Waals surface area contributed by atoms with E-state index in [0.29, 0.717) is 12.8 Å². The van der Waals surface area contributed by atoms with Gasteiger partial charge in [-0.1, -0.05) is 0 Å². The van der Waals surface area contributed by atoms with Crippen molar-refractivity contribution in [3.8, 4) is 0 Å². The van der Waals surface area contributed by atoms with E-state index in [1.54, 1.807) is 6.92 Å². The number of unbranched alkanes of at least 4 members (excludes halogenated alkanes) is 1. The molecule has 0 aromatic carbocycles. The van der Waals surface area contributed by atoms with Gasteiger partial charge in [0.15, 0.2) is 12.4 Å². The quantitative estimate of drug-likeness (QED) is 0.0493. The molecule has 0 saturated carbocycles. The Bertz CT molecular complexity index is 850. The molecule has 10 atom stereocenters. The Kier molecular flexibility index (Phi) is 12.9. The number of rotatable bonds is 11. The van der Waals surface area contributed by atoms with Crippen molar-refractivity contribution in [1.29, 1.82) is 0 Å². The molecule has 39 heavy (non-hydrogen) atoms. The number of nitrogens with two attached hydrogens (primary N) is 1. The average Bonchev–Trinajstić information content (AvgIpc) is 2.90. The van der Waals surface area contributed by atoms with Crippen molar-refractivity contribution < 1.29 is 58.6 Å². The molecule has 0 radical (unpaired) electrons. The van der Waals surface area contributed by atoms with Crippen molar-refractivity contribution in [3.63, 3.8) is 0 Å². The third kappa shape index (κ3) is 8.75. The summed E-state index contributed by atoms with van der Waals surface area (Å²) in [6.07, 6.45) is -11.8. The molecule has 0 aromatic rings. The van der Waals surface area contributed by atoms with Crippen LogP contribution in [0.5, 0.6) is 0 Å². The summed E-state index contributed by atoms with van der Waals surface area (Å²) >= 11 is 0. The topological polar surface area (TPSA) is 260 Å². The van der Waals surface area contributed by atoms with Crippen LogP contribution in [0, 0.1) is 0 Å². The number of hydrogen-bond donors (Lipinski definition) is 9. The van der Waals surface area contributed by atoms with E-state index in [4.69, 9.17) is 24.8 Å². The molecule has 2 heterocycles. The Hall–Kier alpha value is -2.48. The van der Waals surface area contributed by atoms with Gasteiger partial charge in [-0.25, -0.2) is 5.84 Å². The van der Waals surface area contributed by atoms with E-state index < -0.39 is 85.5 Å². The number of hydrazine groups is 2. The second-order valence-corrected chi connectivity index (χ2v) is 9.30. The van der Waals surface area contributed by atoms with Crippen LogP contribution in [0.25, 0.3) is 0 Å². The van der Waals surface area contributed by atoms with Gasteiger partial charge in [0.1, 0.15) is 36.6 Å². The van der Waals surface area contributed by atoms with Crippen LogP contribution >= 0.6 is 0 Å². The van der Waals surface area contributed by atoms with E-state index in [9.17, 15) is 39.6 Å². The van der Waals surface area contributed by atoms with Crippen molar-refractivity contribution in [2.45, 2.75) is 101 Å². The first-order chi connectivity index (χ1) is 18.4. The van der Waals surface area contributed by atoms with Gasteiger partial charge in [-0.2, -0.15) is 0 Å². The van der Waals surface area contributed by atoms with E-state index in [0.717, 1.165) is 0 Å². The number of ether oxygens (including phenoxy) is 4. The zero-order chi connectivity index (χ0) is 29.3. The van der Waals surface area contributed by atoms with Gasteiger partial charge in [0.05, 0.1) is 18.8 Å². The summed E-state index contributed by atoms with van der Waals surface area (Å²) in [6, 6.07) is -0.938. The zero-order valence-corrected chi connectivity index (χ0v) is 21.9. The molecule has 17 nitrogen and oxygen atoms in total. The Balaban J connectivity index is 2.08. The summed E-state index contributed by atoms with van der Waals surface area (Å²) in [7, 11) is 1.18. The summed E-state index contributed by atoms with van der Waals surface area (Å²) in [5.74, 6) is 2.57. The molecule has 0 spiro atoms. The Labute approximate surface area is 224 Å². The normalized spacial score (nSPS) is 34.6. The molecule has 4 amide bonds. The lowest BCUT2D eigenvalue weighted by atomic mass is 9.92. The van der Waals surface area contributed by atoms with Gasteiger partial charge in [-0.3, -0.25) is 35.5 Å². The maximum absolute atomic E-state index is 12.8. The van der Waals surface area contributed by atoms with Crippen LogP contribution in [-0.2, 0) is 38.1 Å². The minimum atomic E-state index is -1.70. The van der Waals surface area contributed by atoms with Crippen molar-refractivity contribution in [1.82, 2.24) is 21.6 Å². The monoisotopic (exact) mass is 565 g/mol. The summed E-state index contributed by atoms with van der Waals surface area (Å²) in [4.78, 5) is 47.7. The van der Waals surface area contributed by atoms with Gasteiger partial charge in [0.25, 0.3) is 5.91 Å². The lowest BCUT2D eigenvalue weighted by Gasteiger charge is -2.47. The Morgan fingerprint density at radius 1 is 0.923 bits per heavy atom. The second-order valence-electron chi connectivity index (χ2n) is 9.30. The highest BCUT2D eigenvalue weighted by Gasteiger charge is 2.52. The second kappa shape index (κ2) is 15.3. The number of methoxy groups -OCH3 is 1. The number of aliphatic hydroxyl groups is 4. The molecular weight excluding hydrogens is 526 g/mol. The minimum absolute atomic E-state index is 0.0201. The van der Waals surface area contributed by atoms with Gasteiger partial charge in [0, 0.05) is 26.9 Å². The zero-order valence-electron chi connectivity index (χ0n) is 21.9. The van der Waals surface area contributed by atoms with Crippen molar-refractivity contribution in [2.75, 3.05) is 13.7 Å². The van der Waals surface area contributed by atoms with Crippen LogP contribution in [0.15, 0.2) is 0 Å².